The highest BCUT2D eigenvalue weighted by atomic mass is 16.5. The lowest BCUT2D eigenvalue weighted by atomic mass is 9.97. The number of urea groups is 1. The Morgan fingerprint density at radius 2 is 2.17 bits per heavy atom. The van der Waals surface area contributed by atoms with E-state index in [0.29, 0.717) is 6.61 Å². The van der Waals surface area contributed by atoms with Gasteiger partial charge in [-0.05, 0) is 24.8 Å². The van der Waals surface area contributed by atoms with Crippen molar-refractivity contribution in [2.24, 2.45) is 0 Å². The summed E-state index contributed by atoms with van der Waals surface area (Å²) in [5, 5.41) is 10.2. The molecule has 0 saturated carbocycles. The van der Waals surface area contributed by atoms with E-state index in [9.17, 15) is 4.79 Å². The van der Waals surface area contributed by atoms with Crippen LogP contribution in [0.1, 0.15) is 37.9 Å². The Balaban J connectivity index is 1.55. The van der Waals surface area contributed by atoms with Crippen LogP contribution in [0.2, 0.25) is 0 Å². The molecule has 6 nitrogen and oxygen atoms in total. The SMILES string of the molecule is CCCn1nccc1NC(=O)N[C@@H]1CCO[C@H](c2ccccc2)C1. The number of nitrogens with zero attached hydrogens (tertiary/aromatic N) is 2. The Kier molecular flexibility index (Phi) is 5.48. The molecule has 24 heavy (non-hydrogen) atoms. The number of hydrogen-bond donors (Lipinski definition) is 2. The molecule has 2 atom stereocenters. The molecule has 0 bridgehead atoms. The molecule has 6 heteroatoms. The zero-order valence-electron chi connectivity index (χ0n) is 13.9. The Hall–Kier alpha value is -2.34. The molecule has 1 aromatic carbocycles. The van der Waals surface area contributed by atoms with Crippen LogP contribution < -0.4 is 10.6 Å². The van der Waals surface area contributed by atoms with E-state index in [4.69, 9.17) is 4.74 Å². The third-order valence-electron chi connectivity index (χ3n) is 4.18. The Bertz CT molecular complexity index is 656. The van der Waals surface area contributed by atoms with E-state index in [1.807, 2.05) is 24.3 Å². The first-order valence-electron chi connectivity index (χ1n) is 8.52. The maximum atomic E-state index is 12.3. The Labute approximate surface area is 142 Å². The van der Waals surface area contributed by atoms with Gasteiger partial charge in [0.25, 0.3) is 0 Å². The van der Waals surface area contributed by atoms with Gasteiger partial charge in [0.2, 0.25) is 0 Å². The largest absolute Gasteiger partial charge is 0.373 e. The van der Waals surface area contributed by atoms with E-state index >= 15 is 0 Å². The minimum Gasteiger partial charge on any atom is -0.373 e. The molecule has 2 amide bonds. The van der Waals surface area contributed by atoms with Gasteiger partial charge in [0.15, 0.2) is 0 Å². The highest BCUT2D eigenvalue weighted by Gasteiger charge is 2.25. The number of nitrogens with one attached hydrogen (secondary N) is 2. The summed E-state index contributed by atoms with van der Waals surface area (Å²) in [6.45, 7) is 3.52. The number of aryl methyl sites for hydroxylation is 1. The molecule has 128 valence electrons. The maximum Gasteiger partial charge on any atom is 0.320 e. The van der Waals surface area contributed by atoms with Crippen LogP contribution in [-0.4, -0.2) is 28.5 Å². The number of benzene rings is 1. The standard InChI is InChI=1S/C18H24N4O2/c1-2-11-22-17(8-10-19-22)21-18(23)20-15-9-12-24-16(13-15)14-6-4-3-5-7-14/h3-8,10,15-16H,2,9,11-13H2,1H3,(H2,20,21,23)/t15-,16+/m1/s1. The van der Waals surface area contributed by atoms with Crippen molar-refractivity contribution in [2.75, 3.05) is 11.9 Å². The van der Waals surface area contributed by atoms with Gasteiger partial charge in [-0.25, -0.2) is 9.48 Å². The van der Waals surface area contributed by atoms with Crippen molar-refractivity contribution in [3.63, 3.8) is 0 Å². The third-order valence-corrected chi connectivity index (χ3v) is 4.18. The first-order valence-corrected chi connectivity index (χ1v) is 8.52. The quantitative estimate of drug-likeness (QED) is 0.884. The molecule has 1 aromatic heterocycles. The number of ether oxygens (including phenoxy) is 1. The number of anilines is 1. The lowest BCUT2D eigenvalue weighted by Crippen LogP contribution is -2.42. The van der Waals surface area contributed by atoms with E-state index in [1.54, 1.807) is 10.9 Å². The molecule has 1 aliphatic heterocycles. The van der Waals surface area contributed by atoms with Crippen molar-refractivity contribution < 1.29 is 9.53 Å². The summed E-state index contributed by atoms with van der Waals surface area (Å²) in [5.41, 5.74) is 1.16. The van der Waals surface area contributed by atoms with E-state index in [1.165, 1.54) is 0 Å². The van der Waals surface area contributed by atoms with Crippen LogP contribution in [0.5, 0.6) is 0 Å². The van der Waals surface area contributed by atoms with E-state index in [0.717, 1.165) is 37.2 Å². The van der Waals surface area contributed by atoms with Crippen molar-refractivity contribution in [1.29, 1.82) is 0 Å². The second-order valence-electron chi connectivity index (χ2n) is 6.03. The molecule has 1 fully saturated rings. The lowest BCUT2D eigenvalue weighted by molar-refractivity contribution is 0.00253. The third kappa shape index (κ3) is 4.14. The second-order valence-corrected chi connectivity index (χ2v) is 6.03. The molecule has 0 unspecified atom stereocenters. The molecule has 1 saturated heterocycles. The smallest absolute Gasteiger partial charge is 0.320 e. The fourth-order valence-electron chi connectivity index (χ4n) is 2.99. The number of carbonyl (C=O) groups excluding carboxylic acids is 1. The number of amides is 2. The van der Waals surface area contributed by atoms with Gasteiger partial charge in [0, 0.05) is 25.3 Å². The lowest BCUT2D eigenvalue weighted by Gasteiger charge is -2.30. The van der Waals surface area contributed by atoms with E-state index in [-0.39, 0.29) is 18.2 Å². The molecule has 0 aliphatic carbocycles. The number of hydrogen-bond acceptors (Lipinski definition) is 3. The first-order chi connectivity index (χ1) is 11.8. The van der Waals surface area contributed by atoms with Crippen molar-refractivity contribution >= 4 is 11.8 Å². The van der Waals surface area contributed by atoms with Gasteiger partial charge in [-0.3, -0.25) is 5.32 Å². The van der Waals surface area contributed by atoms with Gasteiger partial charge in [-0.2, -0.15) is 5.10 Å². The monoisotopic (exact) mass is 328 g/mol. The molecule has 0 spiro atoms. The molecule has 2 N–H and O–H groups in total. The van der Waals surface area contributed by atoms with Crippen LogP contribution in [0.25, 0.3) is 0 Å². The van der Waals surface area contributed by atoms with Gasteiger partial charge in [0.05, 0.1) is 12.3 Å². The highest BCUT2D eigenvalue weighted by Crippen LogP contribution is 2.27. The fourth-order valence-corrected chi connectivity index (χ4v) is 2.99. The van der Waals surface area contributed by atoms with E-state index in [2.05, 4.69) is 34.8 Å². The van der Waals surface area contributed by atoms with Crippen LogP contribution in [-0.2, 0) is 11.3 Å². The molecular weight excluding hydrogens is 304 g/mol. The molecule has 2 aromatic rings. The molecule has 2 heterocycles. The van der Waals surface area contributed by atoms with Crippen LogP contribution >= 0.6 is 0 Å². The van der Waals surface area contributed by atoms with Crippen molar-refractivity contribution in [3.8, 4) is 0 Å². The summed E-state index contributed by atoms with van der Waals surface area (Å²) in [7, 11) is 0. The summed E-state index contributed by atoms with van der Waals surface area (Å²) >= 11 is 0. The van der Waals surface area contributed by atoms with Crippen LogP contribution in [0.15, 0.2) is 42.6 Å². The van der Waals surface area contributed by atoms with E-state index < -0.39 is 0 Å². The normalized spacial score (nSPS) is 20.5. The molecule has 0 radical (unpaired) electrons. The van der Waals surface area contributed by atoms with Crippen molar-refractivity contribution in [2.45, 2.75) is 44.9 Å². The van der Waals surface area contributed by atoms with Crippen LogP contribution in [0.3, 0.4) is 0 Å². The molecule has 1 aliphatic rings. The van der Waals surface area contributed by atoms with Gasteiger partial charge >= 0.3 is 6.03 Å². The van der Waals surface area contributed by atoms with Gasteiger partial charge in [-0.15, -0.1) is 0 Å². The van der Waals surface area contributed by atoms with Gasteiger partial charge in [0.1, 0.15) is 5.82 Å². The summed E-state index contributed by atoms with van der Waals surface area (Å²) in [6.07, 6.45) is 4.31. The van der Waals surface area contributed by atoms with Crippen LogP contribution in [0, 0.1) is 0 Å². The molecule has 3 rings (SSSR count). The highest BCUT2D eigenvalue weighted by molar-refractivity contribution is 5.88. The summed E-state index contributed by atoms with van der Waals surface area (Å²) in [6, 6.07) is 11.9. The Morgan fingerprint density at radius 1 is 1.33 bits per heavy atom. The zero-order valence-corrected chi connectivity index (χ0v) is 13.9. The predicted molar refractivity (Wildman–Crippen MR) is 92.8 cm³/mol. The number of carbonyl (C=O) groups is 1. The molecular formula is C18H24N4O2. The number of rotatable bonds is 5. The topological polar surface area (TPSA) is 68.2 Å². The summed E-state index contributed by atoms with van der Waals surface area (Å²) in [5.74, 6) is 0.723. The minimum absolute atomic E-state index is 0.0378. The average molecular weight is 328 g/mol. The predicted octanol–water partition coefficient (Wildman–Crippen LogP) is 3.33. The van der Waals surface area contributed by atoms with Gasteiger partial charge in [-0.1, -0.05) is 37.3 Å². The second kappa shape index (κ2) is 7.97. The fraction of sp³-hybridized carbons (Fsp3) is 0.444. The van der Waals surface area contributed by atoms with Crippen molar-refractivity contribution in [1.82, 2.24) is 15.1 Å². The summed E-state index contributed by atoms with van der Waals surface area (Å²) in [4.78, 5) is 12.3. The summed E-state index contributed by atoms with van der Waals surface area (Å²) < 4.78 is 7.65. The average Bonchev–Trinajstić information content (AvgIpc) is 3.03. The minimum atomic E-state index is -0.188. The van der Waals surface area contributed by atoms with Crippen molar-refractivity contribution in [3.05, 3.63) is 48.2 Å². The number of aromatic nitrogens is 2. The van der Waals surface area contributed by atoms with Gasteiger partial charge < -0.3 is 10.1 Å². The first kappa shape index (κ1) is 16.5. The maximum absolute atomic E-state index is 12.3. The van der Waals surface area contributed by atoms with Crippen LogP contribution in [0.4, 0.5) is 10.6 Å². The Morgan fingerprint density at radius 3 is 2.96 bits per heavy atom. The zero-order chi connectivity index (χ0) is 16.8.